The third kappa shape index (κ3) is 2.86. The topological polar surface area (TPSA) is 131 Å². The van der Waals surface area contributed by atoms with Crippen LogP contribution in [0.1, 0.15) is 12.2 Å². The third-order valence-corrected chi connectivity index (χ3v) is 2.58. The number of nitro groups is 1. The summed E-state index contributed by atoms with van der Waals surface area (Å²) in [6.07, 6.45) is 1.40. The summed E-state index contributed by atoms with van der Waals surface area (Å²) in [5.41, 5.74) is 5.50. The van der Waals surface area contributed by atoms with Crippen molar-refractivity contribution in [3.63, 3.8) is 0 Å². The molecule has 2 rings (SSSR count). The van der Waals surface area contributed by atoms with Crippen molar-refractivity contribution in [1.29, 1.82) is 0 Å². The number of non-ortho nitro benzene ring substituents is 1. The van der Waals surface area contributed by atoms with Crippen LogP contribution in [0.3, 0.4) is 0 Å². The Labute approximate surface area is 108 Å². The molecule has 0 atom stereocenters. The van der Waals surface area contributed by atoms with Crippen LogP contribution < -0.4 is 5.73 Å². The molecule has 8 heteroatoms. The van der Waals surface area contributed by atoms with E-state index in [1.807, 2.05) is 0 Å². The smallest absolute Gasteiger partial charge is 0.270 e. The van der Waals surface area contributed by atoms with Crippen molar-refractivity contribution < 1.29 is 10.0 Å². The van der Waals surface area contributed by atoms with Gasteiger partial charge in [-0.3, -0.25) is 15.2 Å². The number of phenols is 1. The van der Waals surface area contributed by atoms with Crippen molar-refractivity contribution in [3.05, 3.63) is 34.1 Å². The number of aromatic nitrogens is 3. The molecule has 1 heterocycles. The van der Waals surface area contributed by atoms with Crippen LogP contribution >= 0.6 is 0 Å². The Morgan fingerprint density at radius 2 is 2.26 bits per heavy atom. The van der Waals surface area contributed by atoms with Crippen LogP contribution in [0.5, 0.6) is 5.75 Å². The van der Waals surface area contributed by atoms with Crippen molar-refractivity contribution in [2.24, 2.45) is 5.73 Å². The minimum Gasteiger partial charge on any atom is -0.507 e. The molecule has 8 nitrogen and oxygen atoms in total. The number of hydrogen-bond acceptors (Lipinski definition) is 6. The molecule has 19 heavy (non-hydrogen) atoms. The van der Waals surface area contributed by atoms with Crippen LogP contribution in [0, 0.1) is 10.1 Å². The first kappa shape index (κ1) is 13.0. The van der Waals surface area contributed by atoms with Gasteiger partial charge in [-0.05, 0) is 19.0 Å². The molecule has 0 aliphatic rings. The number of phenolic OH excluding ortho intramolecular Hbond substituents is 1. The summed E-state index contributed by atoms with van der Waals surface area (Å²) in [5.74, 6) is 0.759. The summed E-state index contributed by atoms with van der Waals surface area (Å²) in [6, 6.07) is 3.72. The summed E-state index contributed by atoms with van der Waals surface area (Å²) < 4.78 is 0. The summed E-state index contributed by atoms with van der Waals surface area (Å²) in [6.45, 7) is 0.540. The second-order valence-electron chi connectivity index (χ2n) is 3.96. The molecule has 4 N–H and O–H groups in total. The van der Waals surface area contributed by atoms with E-state index in [2.05, 4.69) is 15.2 Å². The third-order valence-electron chi connectivity index (χ3n) is 2.58. The maximum atomic E-state index is 10.7. The number of aryl methyl sites for hydroxylation is 1. The van der Waals surface area contributed by atoms with Gasteiger partial charge < -0.3 is 10.8 Å². The number of nitrogens with one attached hydrogen (secondary N) is 1. The van der Waals surface area contributed by atoms with Crippen LogP contribution in [0.25, 0.3) is 11.4 Å². The molecule has 0 bridgehead atoms. The molecular weight excluding hydrogens is 250 g/mol. The molecule has 0 fully saturated rings. The minimum absolute atomic E-state index is 0.102. The van der Waals surface area contributed by atoms with E-state index >= 15 is 0 Å². The van der Waals surface area contributed by atoms with Crippen LogP contribution in [-0.4, -0.2) is 31.8 Å². The van der Waals surface area contributed by atoms with E-state index in [1.54, 1.807) is 0 Å². The zero-order valence-electron chi connectivity index (χ0n) is 10.0. The average molecular weight is 263 g/mol. The predicted molar refractivity (Wildman–Crippen MR) is 67.5 cm³/mol. The monoisotopic (exact) mass is 263 g/mol. The highest BCUT2D eigenvalue weighted by molar-refractivity contribution is 5.66. The van der Waals surface area contributed by atoms with Gasteiger partial charge in [-0.25, -0.2) is 4.98 Å². The van der Waals surface area contributed by atoms with Gasteiger partial charge in [0.05, 0.1) is 10.5 Å². The summed E-state index contributed by atoms with van der Waals surface area (Å²) in [7, 11) is 0. The SMILES string of the molecule is NCCCc1nc(-c2cc([N+](=O)[O-])ccc2O)n[nH]1. The first-order chi connectivity index (χ1) is 9.11. The molecule has 0 saturated carbocycles. The van der Waals surface area contributed by atoms with E-state index in [-0.39, 0.29) is 22.8 Å². The standard InChI is InChI=1S/C11H13N5O3/c12-5-1-2-10-13-11(15-14-10)8-6-7(16(18)19)3-4-9(8)17/h3-4,6,17H,1-2,5,12H2,(H,13,14,15). The van der Waals surface area contributed by atoms with Crippen LogP contribution in [0.2, 0.25) is 0 Å². The molecule has 2 aromatic rings. The summed E-state index contributed by atoms with van der Waals surface area (Å²) in [4.78, 5) is 14.3. The first-order valence-corrected chi connectivity index (χ1v) is 5.71. The van der Waals surface area contributed by atoms with E-state index in [9.17, 15) is 15.2 Å². The number of aromatic hydroxyl groups is 1. The van der Waals surface area contributed by atoms with Gasteiger partial charge in [0.15, 0.2) is 5.82 Å². The molecule has 0 amide bonds. The largest absolute Gasteiger partial charge is 0.507 e. The molecule has 0 unspecified atom stereocenters. The van der Waals surface area contributed by atoms with Crippen molar-refractivity contribution in [3.8, 4) is 17.1 Å². The average Bonchev–Trinajstić information content (AvgIpc) is 2.85. The number of H-pyrrole nitrogens is 1. The van der Waals surface area contributed by atoms with E-state index < -0.39 is 4.92 Å². The highest BCUT2D eigenvalue weighted by Crippen LogP contribution is 2.30. The molecule has 0 spiro atoms. The van der Waals surface area contributed by atoms with Crippen molar-refractivity contribution in [2.45, 2.75) is 12.8 Å². The highest BCUT2D eigenvalue weighted by atomic mass is 16.6. The lowest BCUT2D eigenvalue weighted by molar-refractivity contribution is -0.384. The Kier molecular flexibility index (Phi) is 3.71. The number of nitrogens with two attached hydrogens (primary N) is 1. The van der Waals surface area contributed by atoms with E-state index in [0.29, 0.717) is 18.8 Å². The number of rotatable bonds is 5. The fraction of sp³-hybridized carbons (Fsp3) is 0.273. The summed E-state index contributed by atoms with van der Waals surface area (Å²) in [5, 5.41) is 27.1. The number of benzene rings is 1. The van der Waals surface area contributed by atoms with E-state index in [0.717, 1.165) is 6.42 Å². The highest BCUT2D eigenvalue weighted by Gasteiger charge is 2.15. The number of nitro benzene ring substituents is 1. The second kappa shape index (κ2) is 5.44. The fourth-order valence-corrected chi connectivity index (χ4v) is 1.61. The maximum absolute atomic E-state index is 10.7. The van der Waals surface area contributed by atoms with Crippen molar-refractivity contribution in [1.82, 2.24) is 15.2 Å². The Morgan fingerprint density at radius 3 is 2.95 bits per heavy atom. The van der Waals surface area contributed by atoms with Gasteiger partial charge in [0.1, 0.15) is 11.6 Å². The minimum atomic E-state index is -0.537. The van der Waals surface area contributed by atoms with Gasteiger partial charge in [-0.1, -0.05) is 0 Å². The zero-order valence-corrected chi connectivity index (χ0v) is 10.0. The molecule has 0 aliphatic heterocycles. The Hall–Kier alpha value is -2.48. The molecule has 0 saturated heterocycles. The van der Waals surface area contributed by atoms with Crippen LogP contribution in [0.4, 0.5) is 5.69 Å². The lowest BCUT2D eigenvalue weighted by Crippen LogP contribution is -2.01. The normalized spacial score (nSPS) is 10.6. The zero-order chi connectivity index (χ0) is 13.8. The number of nitrogens with zero attached hydrogens (tertiary/aromatic N) is 3. The van der Waals surface area contributed by atoms with Gasteiger partial charge in [-0.15, -0.1) is 0 Å². The second-order valence-corrected chi connectivity index (χ2v) is 3.96. The van der Waals surface area contributed by atoms with Crippen molar-refractivity contribution in [2.75, 3.05) is 6.54 Å². The van der Waals surface area contributed by atoms with Gasteiger partial charge in [0.25, 0.3) is 5.69 Å². The van der Waals surface area contributed by atoms with Crippen molar-refractivity contribution >= 4 is 5.69 Å². The van der Waals surface area contributed by atoms with Crippen LogP contribution in [0.15, 0.2) is 18.2 Å². The Morgan fingerprint density at radius 1 is 1.47 bits per heavy atom. The molecular formula is C11H13N5O3. The molecule has 0 aliphatic carbocycles. The first-order valence-electron chi connectivity index (χ1n) is 5.71. The van der Waals surface area contributed by atoms with E-state index in [4.69, 9.17) is 5.73 Å². The van der Waals surface area contributed by atoms with Gasteiger partial charge in [0, 0.05) is 18.6 Å². The van der Waals surface area contributed by atoms with E-state index in [1.165, 1.54) is 18.2 Å². The molecule has 1 aromatic heterocycles. The Bertz CT molecular complexity index is 596. The molecule has 100 valence electrons. The van der Waals surface area contributed by atoms with Gasteiger partial charge in [-0.2, -0.15) is 5.10 Å². The Balaban J connectivity index is 2.32. The molecule has 0 radical (unpaired) electrons. The fourth-order valence-electron chi connectivity index (χ4n) is 1.61. The lowest BCUT2D eigenvalue weighted by Gasteiger charge is -1.99. The number of aromatic amines is 1. The lowest BCUT2D eigenvalue weighted by atomic mass is 10.1. The molecule has 1 aromatic carbocycles. The van der Waals surface area contributed by atoms with Gasteiger partial charge >= 0.3 is 0 Å². The van der Waals surface area contributed by atoms with Gasteiger partial charge in [0.2, 0.25) is 0 Å². The predicted octanol–water partition coefficient (Wildman–Crippen LogP) is 0.977. The number of hydrogen-bond donors (Lipinski definition) is 3. The maximum Gasteiger partial charge on any atom is 0.270 e. The van der Waals surface area contributed by atoms with Crippen LogP contribution in [-0.2, 0) is 6.42 Å². The summed E-state index contributed by atoms with van der Waals surface area (Å²) >= 11 is 0. The quantitative estimate of drug-likeness (QED) is 0.544.